The summed E-state index contributed by atoms with van der Waals surface area (Å²) < 4.78 is 0. The molecule has 0 aromatic carbocycles. The van der Waals surface area contributed by atoms with Gasteiger partial charge in [-0.05, 0) is 31.2 Å². The summed E-state index contributed by atoms with van der Waals surface area (Å²) >= 11 is 5.85. The largest absolute Gasteiger partial charge is 1.00 e. The van der Waals surface area contributed by atoms with Crippen LogP contribution in [-0.2, 0) is 0 Å². The van der Waals surface area contributed by atoms with Gasteiger partial charge in [0.2, 0.25) is 0 Å². The second-order valence-corrected chi connectivity index (χ2v) is 8.61. The normalized spacial score (nSPS) is 19.9. The molecule has 55 valence electrons. The van der Waals surface area contributed by atoms with E-state index in [0.29, 0.717) is 0 Å². The molecule has 0 aromatic rings. The van der Waals surface area contributed by atoms with E-state index in [0.717, 1.165) is 5.50 Å². The molecule has 0 N–H and O–H groups in total. The second-order valence-electron chi connectivity index (χ2n) is 3.19. The van der Waals surface area contributed by atoms with Crippen molar-refractivity contribution in [3.8, 4) is 0 Å². The molecule has 3 heteroatoms. The molecule has 1 aliphatic rings. The number of hydrogen-bond donors (Lipinski definition) is 0. The third kappa shape index (κ3) is 3.15. The molecule has 0 atom stereocenters. The van der Waals surface area contributed by atoms with E-state index < -0.39 is 8.07 Å². The Morgan fingerprint density at radius 3 is 2.09 bits per heavy atom. The molecular weight excluding hydrogens is 167 g/mol. The monoisotopic (exact) mass is 178 g/mol. The van der Waals surface area contributed by atoms with Gasteiger partial charge < -0.3 is 0 Å². The Hall–Kier alpha value is 1.10. The molecule has 0 nitrogen and oxygen atoms in total. The van der Waals surface area contributed by atoms with Crippen molar-refractivity contribution in [2.75, 3.05) is 5.50 Å². The van der Waals surface area contributed by atoms with Gasteiger partial charge in [-0.25, -0.2) is 0 Å². The van der Waals surface area contributed by atoms with Gasteiger partial charge in [-0.1, -0.05) is 13.1 Å². The molecule has 0 amide bonds. The molecule has 1 rings (SSSR count). The van der Waals surface area contributed by atoms with Crippen molar-refractivity contribution < 1.29 is 18.9 Å². The molecule has 11 heavy (non-hydrogen) atoms. The average molecular weight is 179 g/mol. The Bertz CT molecular complexity index is 111. The summed E-state index contributed by atoms with van der Waals surface area (Å²) in [4.78, 5) is 0. The van der Waals surface area contributed by atoms with Crippen molar-refractivity contribution >= 4 is 19.7 Å². The molecule has 5 radical (unpaired) electrons. The summed E-state index contributed by atoms with van der Waals surface area (Å²) in [5.74, 6) is 0. The SMILES string of the molecule is C[Si](C)(CCl)[C]1[CH][CH][CH][CH]1.[Li+]. The Kier molecular flexibility index (Phi) is 5.47. The van der Waals surface area contributed by atoms with Crippen LogP contribution < -0.4 is 18.9 Å². The Morgan fingerprint density at radius 2 is 1.73 bits per heavy atom. The predicted octanol–water partition coefficient (Wildman–Crippen LogP) is -0.579. The summed E-state index contributed by atoms with van der Waals surface area (Å²) in [6.07, 6.45) is 8.51. The van der Waals surface area contributed by atoms with Crippen molar-refractivity contribution in [1.82, 2.24) is 0 Å². The zero-order valence-electron chi connectivity index (χ0n) is 7.39. The molecule has 1 saturated carbocycles. The van der Waals surface area contributed by atoms with E-state index in [-0.39, 0.29) is 18.9 Å². The number of halogens is 1. The van der Waals surface area contributed by atoms with Crippen LogP contribution in [0.5, 0.6) is 0 Å². The van der Waals surface area contributed by atoms with E-state index in [2.05, 4.69) is 38.8 Å². The van der Waals surface area contributed by atoms with Gasteiger partial charge in [-0.3, -0.25) is 0 Å². The van der Waals surface area contributed by atoms with E-state index in [4.69, 9.17) is 11.6 Å². The Morgan fingerprint density at radius 1 is 1.27 bits per heavy atom. The van der Waals surface area contributed by atoms with Crippen LogP contribution in [-0.4, -0.2) is 13.6 Å². The molecule has 0 aromatic heterocycles. The fourth-order valence-corrected chi connectivity index (χ4v) is 2.61. The number of alkyl halides is 1. The standard InChI is InChI=1S/C8H12ClSi.Li/c1-10(2,7-9)8-5-3-4-6-8;/h3-6H,7H2,1-2H3;/q;+1. The molecule has 1 fully saturated rings. The first-order chi connectivity index (χ1) is 4.67. The summed E-state index contributed by atoms with van der Waals surface area (Å²) in [7, 11) is -1.24. The van der Waals surface area contributed by atoms with Crippen LogP contribution in [0.1, 0.15) is 0 Å². The van der Waals surface area contributed by atoms with Gasteiger partial charge in [0.15, 0.2) is 0 Å². The van der Waals surface area contributed by atoms with Crippen molar-refractivity contribution in [3.05, 3.63) is 31.2 Å². The van der Waals surface area contributed by atoms with Crippen molar-refractivity contribution in [1.29, 1.82) is 0 Å². The molecule has 0 saturated heterocycles. The van der Waals surface area contributed by atoms with Crippen LogP contribution in [0.15, 0.2) is 0 Å². The van der Waals surface area contributed by atoms with Gasteiger partial charge in [0.05, 0.1) is 8.07 Å². The number of rotatable bonds is 2. The van der Waals surface area contributed by atoms with Gasteiger partial charge in [0.25, 0.3) is 0 Å². The average Bonchev–Trinajstić information content (AvgIpc) is 2.38. The summed E-state index contributed by atoms with van der Waals surface area (Å²) in [5.41, 5.74) is 2.28. The summed E-state index contributed by atoms with van der Waals surface area (Å²) in [6.45, 7) is 4.57. The molecule has 0 unspecified atom stereocenters. The fraction of sp³-hybridized carbons (Fsp3) is 0.375. The van der Waals surface area contributed by atoms with Gasteiger partial charge in [-0.15, -0.1) is 11.6 Å². The van der Waals surface area contributed by atoms with Crippen LogP contribution in [0.2, 0.25) is 13.1 Å². The maximum absolute atomic E-state index is 5.85. The van der Waals surface area contributed by atoms with Crippen LogP contribution in [0, 0.1) is 31.2 Å². The first kappa shape index (κ1) is 12.1. The van der Waals surface area contributed by atoms with Crippen molar-refractivity contribution in [2.24, 2.45) is 0 Å². The third-order valence-corrected chi connectivity index (χ3v) is 6.35. The van der Waals surface area contributed by atoms with Crippen LogP contribution in [0.25, 0.3) is 0 Å². The van der Waals surface area contributed by atoms with E-state index >= 15 is 0 Å². The van der Waals surface area contributed by atoms with E-state index in [1.807, 2.05) is 0 Å². The van der Waals surface area contributed by atoms with E-state index in [1.165, 1.54) is 5.54 Å². The number of hydrogen-bond acceptors (Lipinski definition) is 0. The predicted molar refractivity (Wildman–Crippen MR) is 48.6 cm³/mol. The molecule has 0 spiro atoms. The zero-order chi connectivity index (χ0) is 7.61. The fourth-order valence-electron chi connectivity index (χ4n) is 0.902. The van der Waals surface area contributed by atoms with Crippen LogP contribution in [0.3, 0.4) is 0 Å². The molecule has 0 bridgehead atoms. The van der Waals surface area contributed by atoms with Crippen LogP contribution >= 0.6 is 11.6 Å². The molecular formula is C8H12ClLiSi+. The maximum Gasteiger partial charge on any atom is 1.00 e. The van der Waals surface area contributed by atoms with Crippen LogP contribution in [0.4, 0.5) is 0 Å². The molecule has 0 aliphatic heterocycles. The van der Waals surface area contributed by atoms with Gasteiger partial charge in [-0.2, -0.15) is 0 Å². The molecule has 1 aliphatic carbocycles. The van der Waals surface area contributed by atoms with E-state index in [1.54, 1.807) is 0 Å². The minimum Gasteiger partial charge on any atom is -0.130 e. The van der Waals surface area contributed by atoms with E-state index in [9.17, 15) is 0 Å². The van der Waals surface area contributed by atoms with Gasteiger partial charge in [0, 0.05) is 5.50 Å². The smallest absolute Gasteiger partial charge is 0.130 e. The maximum atomic E-state index is 5.85. The first-order valence-corrected chi connectivity index (χ1v) is 7.19. The van der Waals surface area contributed by atoms with Gasteiger partial charge in [0.1, 0.15) is 0 Å². The Labute approximate surface area is 88.3 Å². The van der Waals surface area contributed by atoms with Crippen molar-refractivity contribution in [2.45, 2.75) is 13.1 Å². The summed E-state index contributed by atoms with van der Waals surface area (Å²) in [6, 6.07) is 0. The Balaban J connectivity index is 0.000001000. The minimum atomic E-state index is -1.24. The third-order valence-electron chi connectivity index (χ3n) is 1.78. The zero-order valence-corrected chi connectivity index (χ0v) is 9.15. The van der Waals surface area contributed by atoms with Crippen molar-refractivity contribution in [3.63, 3.8) is 0 Å². The minimum absolute atomic E-state index is 0. The quantitative estimate of drug-likeness (QED) is 0.392. The molecule has 0 heterocycles. The first-order valence-electron chi connectivity index (χ1n) is 3.45. The topological polar surface area (TPSA) is 0 Å². The second kappa shape index (κ2) is 4.97. The summed E-state index contributed by atoms with van der Waals surface area (Å²) in [5, 5.41) is 0. The van der Waals surface area contributed by atoms with Gasteiger partial charge >= 0.3 is 18.9 Å².